The number of aliphatic hydroxyl groups excluding tert-OH is 1. The molecule has 1 fully saturated rings. The monoisotopic (exact) mass is 188 g/mol. The maximum atomic E-state index is 8.99. The Bertz CT molecular complexity index is 140. The molecule has 1 heterocycles. The molecular formula is C9H20N2O2. The highest BCUT2D eigenvalue weighted by Crippen LogP contribution is 2.11. The van der Waals surface area contributed by atoms with Crippen molar-refractivity contribution >= 4 is 0 Å². The van der Waals surface area contributed by atoms with E-state index in [9.17, 15) is 0 Å². The van der Waals surface area contributed by atoms with Gasteiger partial charge in [0.05, 0.1) is 12.7 Å². The predicted molar refractivity (Wildman–Crippen MR) is 51.8 cm³/mol. The molecule has 78 valence electrons. The van der Waals surface area contributed by atoms with Crippen molar-refractivity contribution in [2.24, 2.45) is 0 Å². The number of rotatable bonds is 5. The molecule has 0 amide bonds. The fourth-order valence-electron chi connectivity index (χ4n) is 1.71. The highest BCUT2D eigenvalue weighted by atomic mass is 16.5. The van der Waals surface area contributed by atoms with Gasteiger partial charge in [-0.25, -0.2) is 0 Å². The van der Waals surface area contributed by atoms with Crippen LogP contribution in [0.2, 0.25) is 0 Å². The van der Waals surface area contributed by atoms with Gasteiger partial charge in [-0.1, -0.05) is 0 Å². The number of likely N-dealkylation sites (tertiary alicyclic amines) is 1. The van der Waals surface area contributed by atoms with Crippen LogP contribution in [-0.4, -0.2) is 62.6 Å². The number of methoxy groups -OCH3 is 1. The van der Waals surface area contributed by atoms with E-state index in [0.717, 1.165) is 26.1 Å². The molecule has 1 aliphatic heterocycles. The van der Waals surface area contributed by atoms with Gasteiger partial charge in [-0.15, -0.1) is 0 Å². The molecule has 0 bridgehead atoms. The molecule has 4 heteroatoms. The number of likely N-dealkylation sites (N-methyl/N-ethyl adjacent to an activating group) is 1. The molecule has 0 radical (unpaired) electrons. The molecule has 0 spiro atoms. The van der Waals surface area contributed by atoms with Crippen molar-refractivity contribution in [1.82, 2.24) is 10.2 Å². The van der Waals surface area contributed by atoms with Gasteiger partial charge in [0.2, 0.25) is 0 Å². The molecule has 2 unspecified atom stereocenters. The van der Waals surface area contributed by atoms with Gasteiger partial charge in [0.1, 0.15) is 0 Å². The van der Waals surface area contributed by atoms with Gasteiger partial charge in [0.25, 0.3) is 0 Å². The Morgan fingerprint density at radius 3 is 2.92 bits per heavy atom. The Balaban J connectivity index is 2.22. The van der Waals surface area contributed by atoms with E-state index >= 15 is 0 Å². The summed E-state index contributed by atoms with van der Waals surface area (Å²) in [5.41, 5.74) is 0. The second kappa shape index (κ2) is 5.54. The van der Waals surface area contributed by atoms with Crippen molar-refractivity contribution < 1.29 is 9.84 Å². The lowest BCUT2D eigenvalue weighted by atomic mass is 10.3. The normalized spacial score (nSPS) is 26.5. The molecule has 0 aliphatic carbocycles. The Morgan fingerprint density at radius 2 is 2.46 bits per heavy atom. The zero-order valence-corrected chi connectivity index (χ0v) is 8.49. The fraction of sp³-hybridized carbons (Fsp3) is 1.00. The lowest BCUT2D eigenvalue weighted by molar-refractivity contribution is 0.104. The summed E-state index contributed by atoms with van der Waals surface area (Å²) in [5, 5.41) is 12.1. The summed E-state index contributed by atoms with van der Waals surface area (Å²) in [6.45, 7) is 3.18. The second-order valence-corrected chi connectivity index (χ2v) is 3.57. The molecule has 0 aromatic carbocycles. The van der Waals surface area contributed by atoms with Gasteiger partial charge in [-0.05, 0) is 13.5 Å². The van der Waals surface area contributed by atoms with Gasteiger partial charge in [0, 0.05) is 32.8 Å². The van der Waals surface area contributed by atoms with Gasteiger partial charge in [0.15, 0.2) is 0 Å². The molecule has 0 aromatic heterocycles. The highest BCUT2D eigenvalue weighted by Gasteiger charge is 2.23. The summed E-state index contributed by atoms with van der Waals surface area (Å²) in [4.78, 5) is 2.32. The highest BCUT2D eigenvalue weighted by molar-refractivity contribution is 4.79. The number of aliphatic hydroxyl groups is 1. The third-order valence-corrected chi connectivity index (χ3v) is 2.67. The minimum atomic E-state index is 0.190. The Morgan fingerprint density at radius 1 is 1.69 bits per heavy atom. The average molecular weight is 188 g/mol. The number of hydrogen-bond donors (Lipinski definition) is 2. The predicted octanol–water partition coefficient (Wildman–Crippen LogP) is -0.713. The van der Waals surface area contributed by atoms with Crippen LogP contribution in [0.25, 0.3) is 0 Å². The molecule has 0 saturated carbocycles. The van der Waals surface area contributed by atoms with Crippen LogP contribution in [0.5, 0.6) is 0 Å². The van der Waals surface area contributed by atoms with Crippen LogP contribution in [0.3, 0.4) is 0 Å². The fourth-order valence-corrected chi connectivity index (χ4v) is 1.71. The van der Waals surface area contributed by atoms with Crippen molar-refractivity contribution in [2.45, 2.75) is 18.6 Å². The molecule has 1 aliphatic rings. The van der Waals surface area contributed by atoms with Crippen LogP contribution in [0.1, 0.15) is 6.42 Å². The van der Waals surface area contributed by atoms with Crippen molar-refractivity contribution in [1.29, 1.82) is 0 Å². The zero-order chi connectivity index (χ0) is 9.68. The van der Waals surface area contributed by atoms with Crippen molar-refractivity contribution in [3.8, 4) is 0 Å². The molecule has 0 aromatic rings. The Kier molecular flexibility index (Phi) is 4.66. The Labute approximate surface area is 79.9 Å². The van der Waals surface area contributed by atoms with Gasteiger partial charge in [-0.3, -0.25) is 4.90 Å². The van der Waals surface area contributed by atoms with E-state index in [-0.39, 0.29) is 12.6 Å². The molecule has 1 rings (SSSR count). The van der Waals surface area contributed by atoms with Crippen LogP contribution in [0, 0.1) is 0 Å². The van der Waals surface area contributed by atoms with Crippen LogP contribution >= 0.6 is 0 Å². The van der Waals surface area contributed by atoms with E-state index in [1.807, 2.05) is 7.05 Å². The maximum absolute atomic E-state index is 8.99. The first-order valence-corrected chi connectivity index (χ1v) is 4.83. The van der Waals surface area contributed by atoms with E-state index in [4.69, 9.17) is 9.84 Å². The summed E-state index contributed by atoms with van der Waals surface area (Å²) < 4.78 is 5.27. The third-order valence-electron chi connectivity index (χ3n) is 2.67. The van der Waals surface area contributed by atoms with E-state index in [1.165, 1.54) is 0 Å². The first kappa shape index (κ1) is 10.9. The zero-order valence-electron chi connectivity index (χ0n) is 8.49. The Hall–Kier alpha value is -0.160. The summed E-state index contributed by atoms with van der Waals surface area (Å²) in [6, 6.07) is 0.190. The van der Waals surface area contributed by atoms with E-state index < -0.39 is 0 Å². The molecule has 13 heavy (non-hydrogen) atoms. The van der Waals surface area contributed by atoms with Crippen molar-refractivity contribution in [3.05, 3.63) is 0 Å². The standard InChI is InChI=1S/C9H20N2O2/c1-10-8(7-12)5-11-4-3-9(6-11)13-2/h8-10,12H,3-7H2,1-2H3. The number of nitrogens with one attached hydrogen (secondary N) is 1. The smallest absolute Gasteiger partial charge is 0.0710 e. The van der Waals surface area contributed by atoms with Crippen LogP contribution in [0.4, 0.5) is 0 Å². The van der Waals surface area contributed by atoms with Crippen LogP contribution in [0.15, 0.2) is 0 Å². The maximum Gasteiger partial charge on any atom is 0.0710 e. The van der Waals surface area contributed by atoms with Crippen LogP contribution < -0.4 is 5.32 Å². The number of ether oxygens (including phenoxy) is 1. The molecular weight excluding hydrogens is 168 g/mol. The second-order valence-electron chi connectivity index (χ2n) is 3.57. The first-order chi connectivity index (χ1) is 6.30. The minimum absolute atomic E-state index is 0.190. The summed E-state index contributed by atoms with van der Waals surface area (Å²) >= 11 is 0. The minimum Gasteiger partial charge on any atom is -0.395 e. The quantitative estimate of drug-likeness (QED) is 0.598. The third kappa shape index (κ3) is 3.23. The van der Waals surface area contributed by atoms with E-state index in [1.54, 1.807) is 7.11 Å². The topological polar surface area (TPSA) is 44.7 Å². The average Bonchev–Trinajstić information content (AvgIpc) is 2.61. The largest absolute Gasteiger partial charge is 0.395 e. The number of hydrogen-bond acceptors (Lipinski definition) is 4. The molecule has 2 atom stereocenters. The van der Waals surface area contributed by atoms with Gasteiger partial charge >= 0.3 is 0 Å². The van der Waals surface area contributed by atoms with Crippen LogP contribution in [-0.2, 0) is 4.74 Å². The SMILES string of the molecule is CNC(CO)CN1CCC(OC)C1. The molecule has 1 saturated heterocycles. The number of nitrogens with zero attached hydrogens (tertiary/aromatic N) is 1. The lowest BCUT2D eigenvalue weighted by Gasteiger charge is -2.21. The van der Waals surface area contributed by atoms with Gasteiger partial charge < -0.3 is 15.2 Å². The summed E-state index contributed by atoms with van der Waals surface area (Å²) in [7, 11) is 3.64. The molecule has 2 N–H and O–H groups in total. The summed E-state index contributed by atoms with van der Waals surface area (Å²) in [6.07, 6.45) is 1.49. The first-order valence-electron chi connectivity index (χ1n) is 4.83. The molecule has 4 nitrogen and oxygen atoms in total. The summed E-state index contributed by atoms with van der Waals surface area (Å²) in [5.74, 6) is 0. The van der Waals surface area contributed by atoms with E-state index in [0.29, 0.717) is 6.10 Å². The lowest BCUT2D eigenvalue weighted by Crippen LogP contribution is -2.41. The van der Waals surface area contributed by atoms with Crippen molar-refractivity contribution in [2.75, 3.05) is 40.4 Å². The van der Waals surface area contributed by atoms with E-state index in [2.05, 4.69) is 10.2 Å². The van der Waals surface area contributed by atoms with Crippen molar-refractivity contribution in [3.63, 3.8) is 0 Å². The van der Waals surface area contributed by atoms with Gasteiger partial charge in [-0.2, -0.15) is 0 Å².